The minimum atomic E-state index is 0.262. The molecule has 0 saturated carbocycles. The summed E-state index contributed by atoms with van der Waals surface area (Å²) < 4.78 is 6.90. The quantitative estimate of drug-likeness (QED) is 0.158. The van der Waals surface area contributed by atoms with E-state index in [0.717, 1.165) is 101 Å². The second-order valence-electron chi connectivity index (χ2n) is 15.4. The second kappa shape index (κ2) is 15.7. The van der Waals surface area contributed by atoms with Gasteiger partial charge in [-0.2, -0.15) is 0 Å². The summed E-state index contributed by atoms with van der Waals surface area (Å²) in [5, 5.41) is 13.7. The average Bonchev–Trinajstić information content (AvgIpc) is 3.34. The lowest BCUT2D eigenvalue weighted by atomic mass is 9.91. The van der Waals surface area contributed by atoms with Gasteiger partial charge in [0.25, 0.3) is 0 Å². The highest BCUT2D eigenvalue weighted by Gasteiger charge is 2.28. The van der Waals surface area contributed by atoms with E-state index >= 15 is 0 Å². The van der Waals surface area contributed by atoms with Crippen LogP contribution in [-0.4, -0.2) is 5.11 Å². The summed E-state index contributed by atoms with van der Waals surface area (Å²) in [6.45, 7) is 0. The van der Waals surface area contributed by atoms with Crippen LogP contribution in [0.25, 0.3) is 55.3 Å². The molecule has 0 bridgehead atoms. The Morgan fingerprint density at radius 3 is 1.37 bits per heavy atom. The van der Waals surface area contributed by atoms with Crippen LogP contribution in [0.2, 0.25) is 0 Å². The molecule has 62 heavy (non-hydrogen) atoms. The number of nitrogens with zero attached hydrogens (tertiary/aromatic N) is 2. The van der Waals surface area contributed by atoms with Gasteiger partial charge in [-0.1, -0.05) is 164 Å². The molecule has 294 valence electrons. The summed E-state index contributed by atoms with van der Waals surface area (Å²) in [7, 11) is 0. The number of phenolic OH excluding ortho intramolecular Hbond substituents is 1. The molecule has 1 N–H and O–H groups in total. The molecule has 0 spiro atoms. The topological polar surface area (TPSA) is 35.9 Å². The fraction of sp³-hybridized carbons (Fsp3) is 0. The SMILES string of the molecule is Oc1c(-c2ccccc2)cccc1-c1ccc(N(c2ccc(-c3ccccc3)cc2)c2cccc3c2-c2cccc4c(N(c5ccccc5)c5ccccc5)ccc(c24)O3)cc1. The largest absolute Gasteiger partial charge is 0.507 e. The molecule has 0 fully saturated rings. The Labute approximate surface area is 361 Å². The summed E-state index contributed by atoms with van der Waals surface area (Å²) in [6, 6.07) is 81.9. The zero-order valence-electron chi connectivity index (χ0n) is 33.8. The van der Waals surface area contributed by atoms with E-state index in [-0.39, 0.29) is 5.75 Å². The van der Waals surface area contributed by atoms with E-state index in [0.29, 0.717) is 0 Å². The van der Waals surface area contributed by atoms with Crippen molar-refractivity contribution in [2.24, 2.45) is 0 Å². The molecule has 0 atom stereocenters. The lowest BCUT2D eigenvalue weighted by Crippen LogP contribution is -2.13. The van der Waals surface area contributed by atoms with Crippen molar-refractivity contribution in [1.82, 2.24) is 0 Å². The van der Waals surface area contributed by atoms with Gasteiger partial charge in [0.05, 0.1) is 11.4 Å². The number of fused-ring (bicyclic) bond motifs is 2. The van der Waals surface area contributed by atoms with Crippen molar-refractivity contribution in [1.29, 1.82) is 0 Å². The van der Waals surface area contributed by atoms with E-state index in [2.05, 4.69) is 192 Å². The highest BCUT2D eigenvalue weighted by Crippen LogP contribution is 2.55. The van der Waals surface area contributed by atoms with Crippen LogP contribution < -0.4 is 14.5 Å². The maximum absolute atomic E-state index is 11.6. The number of hydrogen-bond donors (Lipinski definition) is 1. The Morgan fingerprint density at radius 2 is 0.758 bits per heavy atom. The molecule has 0 amide bonds. The second-order valence-corrected chi connectivity index (χ2v) is 15.4. The molecule has 0 radical (unpaired) electrons. The lowest BCUT2D eigenvalue weighted by molar-refractivity contribution is 0.479. The maximum Gasteiger partial charge on any atom is 0.137 e. The zero-order chi connectivity index (χ0) is 41.4. The number of aromatic hydroxyl groups is 1. The van der Waals surface area contributed by atoms with Gasteiger partial charge >= 0.3 is 0 Å². The van der Waals surface area contributed by atoms with Crippen molar-refractivity contribution < 1.29 is 9.84 Å². The maximum atomic E-state index is 11.6. The normalized spacial score (nSPS) is 11.4. The molecule has 0 aromatic heterocycles. The molecule has 0 unspecified atom stereocenters. The van der Waals surface area contributed by atoms with Crippen molar-refractivity contribution in [3.05, 3.63) is 237 Å². The van der Waals surface area contributed by atoms with Gasteiger partial charge in [-0.05, 0) is 101 Å². The Morgan fingerprint density at radius 1 is 0.306 bits per heavy atom. The number of hydrogen-bond acceptors (Lipinski definition) is 4. The number of para-hydroxylation sites is 3. The van der Waals surface area contributed by atoms with Gasteiger partial charge in [0.15, 0.2) is 0 Å². The highest BCUT2D eigenvalue weighted by atomic mass is 16.5. The van der Waals surface area contributed by atoms with Gasteiger partial charge in [-0.15, -0.1) is 0 Å². The fourth-order valence-electron chi connectivity index (χ4n) is 8.89. The highest BCUT2D eigenvalue weighted by molar-refractivity contribution is 6.13. The van der Waals surface area contributed by atoms with Crippen molar-refractivity contribution in [2.45, 2.75) is 0 Å². The predicted molar refractivity (Wildman–Crippen MR) is 257 cm³/mol. The van der Waals surface area contributed by atoms with Crippen molar-refractivity contribution in [2.75, 3.05) is 9.80 Å². The molecule has 1 aliphatic heterocycles. The molecule has 4 heteroatoms. The van der Waals surface area contributed by atoms with Crippen LogP contribution in [0.3, 0.4) is 0 Å². The van der Waals surface area contributed by atoms with Gasteiger partial charge in [0, 0.05) is 50.2 Å². The Kier molecular flexibility index (Phi) is 9.29. The minimum absolute atomic E-state index is 0.262. The molecular weight excluding hydrogens is 757 g/mol. The standard InChI is InChI=1S/C58H40N2O2/c61-58-48(42-18-7-2-8-19-42)24-13-25-49(58)43-32-36-47(37-33-43)60(46-34-30-41(31-35-46)40-16-5-1-6-17-40)53-28-15-29-54-57(53)51-27-14-26-50-52(38-39-55(62-54)56(50)51)59(44-20-9-3-10-21-44)45-22-11-4-12-23-45/h1-39,61H. The van der Waals surface area contributed by atoms with Gasteiger partial charge in [0.1, 0.15) is 17.2 Å². The molecule has 11 rings (SSSR count). The van der Waals surface area contributed by atoms with Gasteiger partial charge < -0.3 is 19.6 Å². The molecule has 10 aromatic rings. The van der Waals surface area contributed by atoms with Crippen molar-refractivity contribution in [3.63, 3.8) is 0 Å². The summed E-state index contributed by atoms with van der Waals surface area (Å²) in [4.78, 5) is 4.63. The Hall–Kier alpha value is -8.34. The summed E-state index contributed by atoms with van der Waals surface area (Å²) in [5.41, 5.74) is 14.1. The smallest absolute Gasteiger partial charge is 0.137 e. The van der Waals surface area contributed by atoms with Crippen LogP contribution in [0.5, 0.6) is 17.2 Å². The van der Waals surface area contributed by atoms with Crippen LogP contribution >= 0.6 is 0 Å². The first kappa shape index (κ1) is 36.7. The predicted octanol–water partition coefficient (Wildman–Crippen LogP) is 16.3. The van der Waals surface area contributed by atoms with Crippen LogP contribution in [0.15, 0.2) is 237 Å². The summed E-state index contributed by atoms with van der Waals surface area (Å²) in [6.07, 6.45) is 0. The van der Waals surface area contributed by atoms with Crippen LogP contribution in [-0.2, 0) is 0 Å². The van der Waals surface area contributed by atoms with E-state index < -0.39 is 0 Å². The first-order valence-electron chi connectivity index (χ1n) is 20.9. The fourth-order valence-corrected chi connectivity index (χ4v) is 8.89. The minimum Gasteiger partial charge on any atom is -0.507 e. The Balaban J connectivity index is 1.07. The molecule has 1 heterocycles. The number of anilines is 6. The van der Waals surface area contributed by atoms with Crippen LogP contribution in [0.4, 0.5) is 34.1 Å². The van der Waals surface area contributed by atoms with Crippen LogP contribution in [0, 0.1) is 0 Å². The number of ether oxygens (including phenoxy) is 1. The molecule has 0 aliphatic carbocycles. The lowest BCUT2D eigenvalue weighted by Gasteiger charge is -2.32. The molecule has 0 saturated heterocycles. The van der Waals surface area contributed by atoms with E-state index in [1.165, 1.54) is 0 Å². The van der Waals surface area contributed by atoms with E-state index in [4.69, 9.17) is 4.74 Å². The molecule has 1 aliphatic rings. The van der Waals surface area contributed by atoms with Crippen molar-refractivity contribution in [3.8, 4) is 61.8 Å². The molecular formula is C58H40N2O2. The monoisotopic (exact) mass is 796 g/mol. The van der Waals surface area contributed by atoms with E-state index in [9.17, 15) is 5.11 Å². The average molecular weight is 797 g/mol. The number of phenols is 1. The third kappa shape index (κ3) is 6.51. The van der Waals surface area contributed by atoms with Crippen LogP contribution in [0.1, 0.15) is 0 Å². The first-order chi connectivity index (χ1) is 30.7. The number of rotatable bonds is 9. The number of benzene rings is 10. The first-order valence-corrected chi connectivity index (χ1v) is 20.9. The third-order valence-electron chi connectivity index (χ3n) is 11.8. The van der Waals surface area contributed by atoms with Crippen molar-refractivity contribution >= 4 is 44.9 Å². The van der Waals surface area contributed by atoms with E-state index in [1.807, 2.05) is 54.6 Å². The summed E-state index contributed by atoms with van der Waals surface area (Å²) >= 11 is 0. The summed E-state index contributed by atoms with van der Waals surface area (Å²) in [5.74, 6) is 1.88. The van der Waals surface area contributed by atoms with Gasteiger partial charge in [-0.3, -0.25) is 0 Å². The Bertz CT molecular complexity index is 3150. The molecule has 10 aromatic carbocycles. The third-order valence-corrected chi connectivity index (χ3v) is 11.8. The van der Waals surface area contributed by atoms with Gasteiger partial charge in [0.2, 0.25) is 0 Å². The molecule has 4 nitrogen and oxygen atoms in total. The zero-order valence-corrected chi connectivity index (χ0v) is 33.8. The van der Waals surface area contributed by atoms with E-state index in [1.54, 1.807) is 0 Å². The van der Waals surface area contributed by atoms with Gasteiger partial charge in [-0.25, -0.2) is 0 Å².